The Morgan fingerprint density at radius 1 is 1.23 bits per heavy atom. The van der Waals surface area contributed by atoms with Gasteiger partial charge in [-0.15, -0.1) is 0 Å². The molecule has 0 radical (unpaired) electrons. The Morgan fingerprint density at radius 2 is 1.95 bits per heavy atom. The smallest absolute Gasteiger partial charge is 0.405 e. The Labute approximate surface area is 129 Å². The van der Waals surface area contributed by atoms with Crippen molar-refractivity contribution < 1.29 is 27.4 Å². The van der Waals surface area contributed by atoms with E-state index < -0.39 is 18.8 Å². The molecule has 122 valence electrons. The van der Waals surface area contributed by atoms with Crippen LogP contribution in [0.2, 0.25) is 5.02 Å². The molecule has 1 heterocycles. The zero-order valence-electron chi connectivity index (χ0n) is 11.4. The highest BCUT2D eigenvalue weighted by Crippen LogP contribution is 2.37. The number of nitrogens with one attached hydrogen (secondary N) is 2. The van der Waals surface area contributed by atoms with Gasteiger partial charge in [-0.2, -0.15) is 13.2 Å². The quantitative estimate of drug-likeness (QED) is 0.891. The van der Waals surface area contributed by atoms with Gasteiger partial charge in [0.05, 0.1) is 18.2 Å². The van der Waals surface area contributed by atoms with Crippen molar-refractivity contribution >= 4 is 17.6 Å². The van der Waals surface area contributed by atoms with Crippen LogP contribution in [0.15, 0.2) is 12.1 Å². The summed E-state index contributed by atoms with van der Waals surface area (Å²) in [4.78, 5) is 11.3. The van der Waals surface area contributed by atoms with E-state index in [2.05, 4.69) is 5.32 Å². The molecule has 2 amide bonds. The monoisotopic (exact) mass is 338 g/mol. The Kier molecular flexibility index (Phi) is 5.23. The molecule has 9 heteroatoms. The third-order valence-electron chi connectivity index (χ3n) is 2.76. The van der Waals surface area contributed by atoms with E-state index in [4.69, 9.17) is 21.1 Å². The lowest BCUT2D eigenvalue weighted by molar-refractivity contribution is -0.122. The number of alkyl halides is 3. The number of carbonyl (C=O) groups excluding carboxylic acids is 1. The maximum atomic E-state index is 12.0. The first-order valence-corrected chi connectivity index (χ1v) is 6.89. The van der Waals surface area contributed by atoms with E-state index in [1.807, 2.05) is 0 Å². The summed E-state index contributed by atoms with van der Waals surface area (Å²) in [5.74, 6) is 0.891. The summed E-state index contributed by atoms with van der Waals surface area (Å²) in [6.07, 6.45) is -3.73. The standard InChI is InChI=1S/C13H14ClF3N2O3/c14-9-4-8(5-10-11(9)22-3-1-2-21-10)6-18-12(20)19-7-13(15,16)17/h4-5H,1-3,6-7H2,(H2,18,19,20). The largest absolute Gasteiger partial charge is 0.489 e. The summed E-state index contributed by atoms with van der Waals surface area (Å²) < 4.78 is 46.8. The molecular formula is C13H14ClF3N2O3. The second-order valence-corrected chi connectivity index (χ2v) is 5.01. The highest BCUT2D eigenvalue weighted by molar-refractivity contribution is 6.32. The molecule has 1 aromatic carbocycles. The van der Waals surface area contributed by atoms with Crippen LogP contribution in [0.1, 0.15) is 12.0 Å². The Bertz CT molecular complexity index is 552. The molecular weight excluding hydrogens is 325 g/mol. The molecule has 0 bridgehead atoms. The first-order chi connectivity index (χ1) is 10.3. The first-order valence-electron chi connectivity index (χ1n) is 6.51. The predicted molar refractivity (Wildman–Crippen MR) is 73.4 cm³/mol. The fourth-order valence-electron chi connectivity index (χ4n) is 1.81. The van der Waals surface area contributed by atoms with Gasteiger partial charge in [0.25, 0.3) is 0 Å². The van der Waals surface area contributed by atoms with Crippen molar-refractivity contribution in [2.45, 2.75) is 19.1 Å². The Morgan fingerprint density at radius 3 is 2.68 bits per heavy atom. The van der Waals surface area contributed by atoms with Crippen LogP contribution < -0.4 is 20.1 Å². The SMILES string of the molecule is O=C(NCc1cc(Cl)c2c(c1)OCCCO2)NCC(F)(F)F. The highest BCUT2D eigenvalue weighted by Gasteiger charge is 2.27. The zero-order chi connectivity index (χ0) is 16.2. The number of ether oxygens (including phenoxy) is 2. The number of rotatable bonds is 3. The minimum Gasteiger partial charge on any atom is -0.489 e. The fraction of sp³-hybridized carbons (Fsp3) is 0.462. The van der Waals surface area contributed by atoms with Gasteiger partial charge < -0.3 is 20.1 Å². The summed E-state index contributed by atoms with van der Waals surface area (Å²) in [6.45, 7) is -0.406. The second kappa shape index (κ2) is 6.95. The summed E-state index contributed by atoms with van der Waals surface area (Å²) in [5, 5.41) is 4.36. The lowest BCUT2D eigenvalue weighted by Crippen LogP contribution is -2.40. The molecule has 1 aliphatic rings. The number of hydrogen-bond acceptors (Lipinski definition) is 3. The van der Waals surface area contributed by atoms with E-state index in [1.54, 1.807) is 17.4 Å². The third kappa shape index (κ3) is 4.87. The van der Waals surface area contributed by atoms with Crippen LogP contribution in [0.25, 0.3) is 0 Å². The molecule has 2 rings (SSSR count). The minimum absolute atomic E-state index is 0.0139. The molecule has 1 aliphatic heterocycles. The molecule has 0 unspecified atom stereocenters. The topological polar surface area (TPSA) is 59.6 Å². The maximum Gasteiger partial charge on any atom is 0.405 e. The number of halogens is 4. The molecule has 1 aromatic rings. The van der Waals surface area contributed by atoms with Gasteiger partial charge in [-0.3, -0.25) is 0 Å². The third-order valence-corrected chi connectivity index (χ3v) is 3.05. The van der Waals surface area contributed by atoms with Crippen molar-refractivity contribution in [1.29, 1.82) is 0 Å². The average molecular weight is 339 g/mol. The Balaban J connectivity index is 1.94. The number of benzene rings is 1. The van der Waals surface area contributed by atoms with Gasteiger partial charge in [0.1, 0.15) is 6.54 Å². The molecule has 0 spiro atoms. The van der Waals surface area contributed by atoms with Crippen molar-refractivity contribution in [1.82, 2.24) is 10.6 Å². The van der Waals surface area contributed by atoms with E-state index in [-0.39, 0.29) is 6.54 Å². The average Bonchev–Trinajstić information content (AvgIpc) is 2.68. The Hall–Kier alpha value is -1.83. The van der Waals surface area contributed by atoms with Crippen LogP contribution in [0, 0.1) is 0 Å². The number of hydrogen-bond donors (Lipinski definition) is 2. The van der Waals surface area contributed by atoms with Crippen molar-refractivity contribution in [2.75, 3.05) is 19.8 Å². The van der Waals surface area contributed by atoms with Crippen LogP contribution in [0.4, 0.5) is 18.0 Å². The number of carbonyl (C=O) groups is 1. The lowest BCUT2D eigenvalue weighted by Gasteiger charge is -2.13. The molecule has 22 heavy (non-hydrogen) atoms. The van der Waals surface area contributed by atoms with Gasteiger partial charge in [-0.1, -0.05) is 11.6 Å². The molecule has 5 nitrogen and oxygen atoms in total. The number of urea groups is 1. The summed E-state index contributed by atoms with van der Waals surface area (Å²) in [5.41, 5.74) is 0.594. The molecule has 0 atom stereocenters. The molecule has 0 saturated heterocycles. The summed E-state index contributed by atoms with van der Waals surface area (Å²) in [6, 6.07) is 2.29. The van der Waals surface area contributed by atoms with Gasteiger partial charge in [0.2, 0.25) is 0 Å². The number of amides is 2. The zero-order valence-corrected chi connectivity index (χ0v) is 12.2. The lowest BCUT2D eigenvalue weighted by atomic mass is 10.2. The van der Waals surface area contributed by atoms with Crippen molar-refractivity contribution in [3.63, 3.8) is 0 Å². The second-order valence-electron chi connectivity index (χ2n) is 4.61. The predicted octanol–water partition coefficient (Wildman–Crippen LogP) is 2.86. The van der Waals surface area contributed by atoms with Gasteiger partial charge in [-0.05, 0) is 17.7 Å². The van der Waals surface area contributed by atoms with Gasteiger partial charge in [0, 0.05) is 13.0 Å². The van der Waals surface area contributed by atoms with E-state index in [1.165, 1.54) is 0 Å². The van der Waals surface area contributed by atoms with Gasteiger partial charge in [-0.25, -0.2) is 4.79 Å². The molecule has 0 fully saturated rings. The van der Waals surface area contributed by atoms with Crippen LogP contribution in [-0.4, -0.2) is 32.0 Å². The van der Waals surface area contributed by atoms with Crippen molar-refractivity contribution in [3.8, 4) is 11.5 Å². The number of fused-ring (bicyclic) bond motifs is 1. The van der Waals surface area contributed by atoms with Crippen LogP contribution in [-0.2, 0) is 6.54 Å². The van der Waals surface area contributed by atoms with E-state index in [9.17, 15) is 18.0 Å². The van der Waals surface area contributed by atoms with E-state index in [0.29, 0.717) is 35.3 Å². The van der Waals surface area contributed by atoms with Crippen LogP contribution in [0.5, 0.6) is 11.5 Å². The highest BCUT2D eigenvalue weighted by atomic mass is 35.5. The molecule has 2 N–H and O–H groups in total. The summed E-state index contributed by atoms with van der Waals surface area (Å²) >= 11 is 6.07. The summed E-state index contributed by atoms with van der Waals surface area (Å²) in [7, 11) is 0. The molecule has 0 aliphatic carbocycles. The molecule has 0 saturated carbocycles. The van der Waals surface area contributed by atoms with E-state index in [0.717, 1.165) is 6.42 Å². The minimum atomic E-state index is -4.45. The van der Waals surface area contributed by atoms with Crippen LogP contribution in [0.3, 0.4) is 0 Å². The maximum absolute atomic E-state index is 12.0. The fourth-order valence-corrected chi connectivity index (χ4v) is 2.10. The first kappa shape index (κ1) is 16.5. The van der Waals surface area contributed by atoms with Gasteiger partial charge >= 0.3 is 12.2 Å². The van der Waals surface area contributed by atoms with Crippen molar-refractivity contribution in [2.24, 2.45) is 0 Å². The van der Waals surface area contributed by atoms with Crippen molar-refractivity contribution in [3.05, 3.63) is 22.7 Å². The normalized spacial score (nSPS) is 14.2. The van der Waals surface area contributed by atoms with Crippen LogP contribution >= 0.6 is 11.6 Å². The van der Waals surface area contributed by atoms with E-state index >= 15 is 0 Å². The van der Waals surface area contributed by atoms with Gasteiger partial charge in [0.15, 0.2) is 11.5 Å². The molecule has 0 aromatic heterocycles.